The summed E-state index contributed by atoms with van der Waals surface area (Å²) in [5.41, 5.74) is -7.21. The molecule has 0 aliphatic heterocycles. The highest BCUT2D eigenvalue weighted by atomic mass is 16.4. The molecule has 0 aromatic carbocycles. The first kappa shape index (κ1) is 42.8. The Balaban J connectivity index is 0. The molecule has 0 saturated carbocycles. The Morgan fingerprint density at radius 1 is 0.727 bits per heavy atom. The fraction of sp³-hybridized carbons (Fsp3) is 0.692. The van der Waals surface area contributed by atoms with Crippen molar-refractivity contribution in [2.24, 2.45) is 0 Å². The quantitative estimate of drug-likeness (QED) is 0.0493. The van der Waals surface area contributed by atoms with E-state index >= 15 is 0 Å². The van der Waals surface area contributed by atoms with Gasteiger partial charge in [0.05, 0.1) is 6.61 Å². The van der Waals surface area contributed by atoms with Gasteiger partial charge in [-0.05, 0) is 20.8 Å². The number of nitrogens with one attached hydrogen (secondary N) is 2. The van der Waals surface area contributed by atoms with E-state index in [0.29, 0.717) is 13.8 Å². The second-order valence-corrected chi connectivity index (χ2v) is 9.73. The third-order valence-corrected chi connectivity index (χ3v) is 6.55. The normalized spacial score (nSPS) is 18.5. The molecule has 0 aliphatic carbocycles. The Morgan fingerprint density at radius 2 is 1.16 bits per heavy atom. The topological polar surface area (TPSA) is 322 Å². The van der Waals surface area contributed by atoms with E-state index in [2.05, 4.69) is 5.32 Å². The summed E-state index contributed by atoms with van der Waals surface area (Å²) in [5, 5.41) is 82.3. The number of hydrogen-bond donors (Lipinski definition) is 10. The summed E-state index contributed by atoms with van der Waals surface area (Å²) in [7, 11) is 0. The van der Waals surface area contributed by atoms with E-state index in [1.165, 1.54) is 6.92 Å². The highest BCUT2D eigenvalue weighted by Crippen LogP contribution is 2.34. The lowest BCUT2D eigenvalue weighted by Gasteiger charge is -2.46. The van der Waals surface area contributed by atoms with Crippen molar-refractivity contribution >= 4 is 47.0 Å². The standard InChI is InChI=1S/C17H25NO10.C9H17NO6/c1-6-11(23)18-14(12(24)7(2)19)16(27,9(4)21)17(28,10(5)22)15(26)13(25)8(3)20;1-2-7(14)10-5(3-11)8(15)9(16)6(13)4-12/h13-15,25-28H,6H2,1-5H3,(H,18,23);3,5-6,8-9,12-13,15-16H,2,4H2,1H3,(H,10,14)/t13?,14-,15+,16+,17+;5-,6+,8+,9+/m00/s1. The third kappa shape index (κ3) is 10.1. The maximum Gasteiger partial charge on any atom is 0.223 e. The van der Waals surface area contributed by atoms with Gasteiger partial charge in [0.2, 0.25) is 17.6 Å². The minimum Gasteiger partial charge on any atom is -0.394 e. The van der Waals surface area contributed by atoms with Crippen molar-refractivity contribution in [2.75, 3.05) is 6.61 Å². The molecule has 0 bridgehead atoms. The number of amides is 2. The maximum absolute atomic E-state index is 12.3. The van der Waals surface area contributed by atoms with E-state index in [9.17, 15) is 69.0 Å². The fourth-order valence-electron chi connectivity index (χ4n) is 3.71. The van der Waals surface area contributed by atoms with Crippen molar-refractivity contribution < 1.29 is 79.2 Å². The van der Waals surface area contributed by atoms with Crippen LogP contribution in [-0.4, -0.2) is 148 Å². The van der Waals surface area contributed by atoms with Crippen LogP contribution in [0.1, 0.15) is 54.4 Å². The monoisotopic (exact) mass is 638 g/mol. The first-order chi connectivity index (χ1) is 20.1. The molecule has 252 valence electrons. The summed E-state index contributed by atoms with van der Waals surface area (Å²) in [4.78, 5) is 93.1. The predicted octanol–water partition coefficient (Wildman–Crippen LogP) is -5.85. The van der Waals surface area contributed by atoms with Crippen LogP contribution in [0.4, 0.5) is 0 Å². The van der Waals surface area contributed by atoms with Gasteiger partial charge in [-0.3, -0.25) is 33.6 Å². The molecule has 9 atom stereocenters. The minimum absolute atomic E-state index is 0.121. The molecule has 2 amide bonds. The SMILES string of the molecule is CCC(=O)N[C@@H](C(=O)C(C)=O)[C@](O)(C(C)=O)[C@@](O)(C(C)=O)[C@H](O)C(O)C(C)=O.CCC(=O)N[C@@H](C=O)[C@@H](O)[C@H](O)[C@H](O)CO. The van der Waals surface area contributed by atoms with Gasteiger partial charge < -0.3 is 56.3 Å². The lowest BCUT2D eigenvalue weighted by molar-refractivity contribution is -0.221. The van der Waals surface area contributed by atoms with E-state index in [0.717, 1.165) is 13.8 Å². The van der Waals surface area contributed by atoms with Gasteiger partial charge in [0.15, 0.2) is 34.3 Å². The molecule has 0 saturated heterocycles. The largest absolute Gasteiger partial charge is 0.394 e. The summed E-state index contributed by atoms with van der Waals surface area (Å²) in [5.74, 6) is -8.34. The highest BCUT2D eigenvalue weighted by molar-refractivity contribution is 6.39. The maximum atomic E-state index is 12.3. The summed E-state index contributed by atoms with van der Waals surface area (Å²) < 4.78 is 0. The first-order valence-electron chi connectivity index (χ1n) is 13.1. The van der Waals surface area contributed by atoms with Crippen LogP contribution in [0.5, 0.6) is 0 Å². The van der Waals surface area contributed by atoms with Crippen LogP contribution >= 0.6 is 0 Å². The number of carbonyl (C=O) groups is 8. The average molecular weight is 639 g/mol. The van der Waals surface area contributed by atoms with Crippen molar-refractivity contribution in [2.45, 2.75) is 108 Å². The molecule has 0 rings (SSSR count). The Bertz CT molecular complexity index is 1080. The molecule has 10 N–H and O–H groups in total. The van der Waals surface area contributed by atoms with Crippen LogP contribution in [-0.2, 0) is 38.4 Å². The zero-order chi connectivity index (χ0) is 35.3. The van der Waals surface area contributed by atoms with Gasteiger partial charge in [0.1, 0.15) is 48.9 Å². The second-order valence-electron chi connectivity index (χ2n) is 9.73. The van der Waals surface area contributed by atoms with Gasteiger partial charge in [-0.25, -0.2) is 0 Å². The number of rotatable bonds is 18. The summed E-state index contributed by atoms with van der Waals surface area (Å²) in [6.45, 7) is 4.91. The molecule has 0 aromatic heterocycles. The molecule has 0 aliphatic rings. The van der Waals surface area contributed by atoms with Crippen molar-refractivity contribution in [3.8, 4) is 0 Å². The summed E-state index contributed by atoms with van der Waals surface area (Å²) in [6, 6.07) is -3.79. The zero-order valence-electron chi connectivity index (χ0n) is 25.1. The highest BCUT2D eigenvalue weighted by Gasteiger charge is 2.67. The van der Waals surface area contributed by atoms with Crippen LogP contribution in [0.15, 0.2) is 0 Å². The number of ketones is 5. The van der Waals surface area contributed by atoms with Crippen LogP contribution in [0, 0.1) is 0 Å². The molecule has 18 heteroatoms. The van der Waals surface area contributed by atoms with Gasteiger partial charge in [-0.1, -0.05) is 13.8 Å². The molecule has 1 unspecified atom stereocenters. The number of aliphatic hydroxyl groups excluding tert-OH is 6. The second kappa shape index (κ2) is 18.4. The minimum atomic E-state index is -3.62. The Labute approximate surface area is 252 Å². The van der Waals surface area contributed by atoms with Gasteiger partial charge in [0, 0.05) is 19.8 Å². The van der Waals surface area contributed by atoms with Crippen molar-refractivity contribution in [3.63, 3.8) is 0 Å². The van der Waals surface area contributed by atoms with Crippen LogP contribution in [0.25, 0.3) is 0 Å². The van der Waals surface area contributed by atoms with Crippen LogP contribution in [0.2, 0.25) is 0 Å². The molecular formula is C26H42N2O16. The Hall–Kier alpha value is -3.36. The van der Waals surface area contributed by atoms with Crippen LogP contribution in [0.3, 0.4) is 0 Å². The van der Waals surface area contributed by atoms with E-state index in [1.54, 1.807) is 6.92 Å². The molecule has 0 radical (unpaired) electrons. The average Bonchev–Trinajstić information content (AvgIpc) is 2.98. The van der Waals surface area contributed by atoms with Crippen LogP contribution < -0.4 is 10.6 Å². The molecule has 0 spiro atoms. The Morgan fingerprint density at radius 3 is 1.48 bits per heavy atom. The predicted molar refractivity (Wildman–Crippen MR) is 145 cm³/mol. The number of aliphatic hydroxyl groups is 8. The van der Waals surface area contributed by atoms with E-state index < -0.39 is 101 Å². The number of aldehydes is 1. The zero-order valence-corrected chi connectivity index (χ0v) is 25.1. The number of hydrogen-bond acceptors (Lipinski definition) is 16. The third-order valence-electron chi connectivity index (χ3n) is 6.55. The number of Topliss-reactive ketones (excluding diaryl/α,β-unsaturated/α-hetero) is 5. The molecule has 44 heavy (non-hydrogen) atoms. The molecule has 0 fully saturated rings. The van der Waals surface area contributed by atoms with E-state index in [-0.39, 0.29) is 19.1 Å². The molecule has 0 heterocycles. The van der Waals surface area contributed by atoms with Crippen molar-refractivity contribution in [1.29, 1.82) is 0 Å². The lowest BCUT2D eigenvalue weighted by Crippen LogP contribution is -2.79. The molecule has 0 aromatic rings. The lowest BCUT2D eigenvalue weighted by atomic mass is 9.66. The first-order valence-corrected chi connectivity index (χ1v) is 13.1. The van der Waals surface area contributed by atoms with E-state index in [4.69, 9.17) is 10.2 Å². The smallest absolute Gasteiger partial charge is 0.223 e. The van der Waals surface area contributed by atoms with Gasteiger partial charge in [-0.2, -0.15) is 0 Å². The van der Waals surface area contributed by atoms with Gasteiger partial charge >= 0.3 is 0 Å². The van der Waals surface area contributed by atoms with Gasteiger partial charge in [-0.15, -0.1) is 0 Å². The summed E-state index contributed by atoms with van der Waals surface area (Å²) >= 11 is 0. The van der Waals surface area contributed by atoms with Crippen molar-refractivity contribution in [3.05, 3.63) is 0 Å². The van der Waals surface area contributed by atoms with Gasteiger partial charge in [0.25, 0.3) is 0 Å². The fourth-order valence-corrected chi connectivity index (χ4v) is 3.71. The molecular weight excluding hydrogens is 596 g/mol. The summed E-state index contributed by atoms with van der Waals surface area (Å²) in [6.07, 6.45) is -10.1. The molecule has 18 nitrogen and oxygen atoms in total. The number of carbonyl (C=O) groups excluding carboxylic acids is 8. The van der Waals surface area contributed by atoms with Crippen molar-refractivity contribution in [1.82, 2.24) is 10.6 Å². The van der Waals surface area contributed by atoms with E-state index in [1.807, 2.05) is 5.32 Å². The Kier molecular flexibility index (Phi) is 17.9.